The van der Waals surface area contributed by atoms with E-state index in [-0.39, 0.29) is 5.69 Å². The number of benzene rings is 1. The monoisotopic (exact) mass is 300 g/mol. The lowest BCUT2D eigenvalue weighted by Crippen LogP contribution is -2.33. The summed E-state index contributed by atoms with van der Waals surface area (Å²) in [6, 6.07) is 3.00. The van der Waals surface area contributed by atoms with Crippen LogP contribution in [0.2, 0.25) is 0 Å². The largest absolute Gasteiger partial charge is 0.478 e. The van der Waals surface area contributed by atoms with Gasteiger partial charge >= 0.3 is 12.0 Å². The zero-order valence-corrected chi connectivity index (χ0v) is 12.1. The number of anilines is 1. The summed E-state index contributed by atoms with van der Waals surface area (Å²) < 4.78 is 13.4. The molecular formula is C13H17FN2O3S. The van der Waals surface area contributed by atoms with Gasteiger partial charge in [-0.1, -0.05) is 6.92 Å². The third kappa shape index (κ3) is 5.08. The Morgan fingerprint density at radius 2 is 2.15 bits per heavy atom. The van der Waals surface area contributed by atoms with E-state index in [2.05, 4.69) is 10.6 Å². The molecule has 1 unspecified atom stereocenters. The van der Waals surface area contributed by atoms with Gasteiger partial charge in [0.2, 0.25) is 0 Å². The highest BCUT2D eigenvalue weighted by atomic mass is 32.2. The van der Waals surface area contributed by atoms with Crippen LogP contribution in [0.15, 0.2) is 18.2 Å². The predicted octanol–water partition coefficient (Wildman–Crippen LogP) is 2.64. The number of halogens is 1. The fraction of sp³-hybridized carbons (Fsp3) is 0.385. The van der Waals surface area contributed by atoms with Crippen molar-refractivity contribution in [3.05, 3.63) is 29.6 Å². The Labute approximate surface area is 120 Å². The van der Waals surface area contributed by atoms with Crippen molar-refractivity contribution in [3.63, 3.8) is 0 Å². The van der Waals surface area contributed by atoms with Crippen LogP contribution in [0.1, 0.15) is 17.3 Å². The Hall–Kier alpha value is -1.76. The first-order valence-electron chi connectivity index (χ1n) is 6.00. The third-order valence-corrected chi connectivity index (χ3v) is 3.42. The van der Waals surface area contributed by atoms with E-state index >= 15 is 0 Å². The molecule has 5 nitrogen and oxygen atoms in total. The maximum atomic E-state index is 13.4. The maximum Gasteiger partial charge on any atom is 0.338 e. The molecule has 7 heteroatoms. The van der Waals surface area contributed by atoms with Crippen molar-refractivity contribution < 1.29 is 19.1 Å². The van der Waals surface area contributed by atoms with Crippen molar-refractivity contribution in [2.24, 2.45) is 5.92 Å². The summed E-state index contributed by atoms with van der Waals surface area (Å²) in [5.41, 5.74) is -0.216. The number of amides is 2. The zero-order chi connectivity index (χ0) is 15.1. The molecule has 20 heavy (non-hydrogen) atoms. The Morgan fingerprint density at radius 1 is 1.45 bits per heavy atom. The lowest BCUT2D eigenvalue weighted by molar-refractivity contribution is 0.0692. The lowest BCUT2D eigenvalue weighted by atomic mass is 10.2. The van der Waals surface area contributed by atoms with Crippen LogP contribution in [0.5, 0.6) is 0 Å². The van der Waals surface area contributed by atoms with E-state index in [0.717, 1.165) is 17.9 Å². The number of hydrogen-bond acceptors (Lipinski definition) is 3. The van der Waals surface area contributed by atoms with Crippen LogP contribution in [-0.2, 0) is 0 Å². The van der Waals surface area contributed by atoms with Gasteiger partial charge in [0.1, 0.15) is 5.82 Å². The van der Waals surface area contributed by atoms with Gasteiger partial charge in [-0.25, -0.2) is 14.0 Å². The molecule has 2 amide bonds. The van der Waals surface area contributed by atoms with Gasteiger partial charge in [0, 0.05) is 12.2 Å². The van der Waals surface area contributed by atoms with E-state index in [1.807, 2.05) is 13.2 Å². The number of aromatic carboxylic acids is 1. The molecule has 0 radical (unpaired) electrons. The van der Waals surface area contributed by atoms with Crippen LogP contribution in [0, 0.1) is 11.7 Å². The smallest absolute Gasteiger partial charge is 0.338 e. The minimum atomic E-state index is -1.34. The second-order valence-electron chi connectivity index (χ2n) is 4.40. The number of rotatable bonds is 6. The second-order valence-corrected chi connectivity index (χ2v) is 5.31. The molecule has 0 aromatic heterocycles. The standard InChI is InChI=1S/C13H17FN2O3S/c1-8(7-20-2)6-15-13(19)16-9-3-4-10(12(17)18)11(14)5-9/h3-5,8H,6-7H2,1-2H3,(H,17,18)(H2,15,16,19). The van der Waals surface area contributed by atoms with Crippen LogP contribution in [0.4, 0.5) is 14.9 Å². The molecule has 0 saturated heterocycles. The molecule has 0 fully saturated rings. The molecule has 0 aliphatic heterocycles. The van der Waals surface area contributed by atoms with Gasteiger partial charge < -0.3 is 15.7 Å². The summed E-state index contributed by atoms with van der Waals surface area (Å²) in [5, 5.41) is 13.8. The molecule has 0 saturated carbocycles. The van der Waals surface area contributed by atoms with Crippen molar-refractivity contribution in [3.8, 4) is 0 Å². The Bertz CT molecular complexity index is 497. The number of carboxylic acids is 1. The normalized spacial score (nSPS) is 11.8. The van der Waals surface area contributed by atoms with E-state index in [0.29, 0.717) is 12.5 Å². The Morgan fingerprint density at radius 3 is 2.70 bits per heavy atom. The molecule has 0 aliphatic rings. The molecule has 0 heterocycles. The van der Waals surface area contributed by atoms with Crippen LogP contribution >= 0.6 is 11.8 Å². The highest BCUT2D eigenvalue weighted by Crippen LogP contribution is 2.14. The van der Waals surface area contributed by atoms with E-state index in [9.17, 15) is 14.0 Å². The van der Waals surface area contributed by atoms with Crippen LogP contribution in [0.25, 0.3) is 0 Å². The number of carbonyl (C=O) groups is 2. The predicted molar refractivity (Wildman–Crippen MR) is 77.9 cm³/mol. The highest BCUT2D eigenvalue weighted by Gasteiger charge is 2.11. The third-order valence-electron chi connectivity index (χ3n) is 2.52. The van der Waals surface area contributed by atoms with E-state index in [1.54, 1.807) is 11.8 Å². The number of thioether (sulfide) groups is 1. The van der Waals surface area contributed by atoms with E-state index < -0.39 is 23.4 Å². The number of carboxylic acid groups (broad SMARTS) is 1. The maximum absolute atomic E-state index is 13.4. The quantitative estimate of drug-likeness (QED) is 0.754. The topological polar surface area (TPSA) is 78.4 Å². The average molecular weight is 300 g/mol. The molecule has 1 aromatic carbocycles. The number of nitrogens with one attached hydrogen (secondary N) is 2. The summed E-state index contributed by atoms with van der Waals surface area (Å²) in [7, 11) is 0. The second kappa shape index (κ2) is 7.74. The fourth-order valence-corrected chi connectivity index (χ4v) is 2.24. The van der Waals surface area contributed by atoms with E-state index in [1.165, 1.54) is 6.07 Å². The molecule has 1 aromatic rings. The molecular weight excluding hydrogens is 283 g/mol. The number of carbonyl (C=O) groups excluding carboxylic acids is 1. The van der Waals surface area contributed by atoms with Gasteiger partial charge in [-0.05, 0) is 36.1 Å². The first-order chi connectivity index (χ1) is 9.43. The average Bonchev–Trinajstić information content (AvgIpc) is 2.36. The number of urea groups is 1. The van der Waals surface area contributed by atoms with Gasteiger partial charge in [-0.2, -0.15) is 11.8 Å². The van der Waals surface area contributed by atoms with Crippen molar-refractivity contribution in [2.75, 3.05) is 23.9 Å². The molecule has 110 valence electrons. The van der Waals surface area contributed by atoms with Gasteiger partial charge in [-0.3, -0.25) is 0 Å². The molecule has 1 rings (SSSR count). The minimum Gasteiger partial charge on any atom is -0.478 e. The Kier molecular flexibility index (Phi) is 6.30. The lowest BCUT2D eigenvalue weighted by Gasteiger charge is -2.12. The molecule has 0 aliphatic carbocycles. The SMILES string of the molecule is CSCC(C)CNC(=O)Nc1ccc(C(=O)O)c(F)c1. The number of hydrogen-bond donors (Lipinski definition) is 3. The van der Waals surface area contributed by atoms with Gasteiger partial charge in [0.15, 0.2) is 0 Å². The van der Waals surface area contributed by atoms with Crippen molar-refractivity contribution in [1.29, 1.82) is 0 Å². The van der Waals surface area contributed by atoms with E-state index in [4.69, 9.17) is 5.11 Å². The van der Waals surface area contributed by atoms with Crippen molar-refractivity contribution in [2.45, 2.75) is 6.92 Å². The van der Waals surface area contributed by atoms with Crippen LogP contribution in [0.3, 0.4) is 0 Å². The Balaban J connectivity index is 2.54. The summed E-state index contributed by atoms with van der Waals surface area (Å²) in [6.45, 7) is 2.53. The van der Waals surface area contributed by atoms with Gasteiger partial charge in [0.05, 0.1) is 5.56 Å². The van der Waals surface area contributed by atoms with Crippen molar-refractivity contribution in [1.82, 2.24) is 5.32 Å². The molecule has 1 atom stereocenters. The van der Waals surface area contributed by atoms with Crippen LogP contribution < -0.4 is 10.6 Å². The van der Waals surface area contributed by atoms with Crippen molar-refractivity contribution >= 4 is 29.4 Å². The molecule has 0 bridgehead atoms. The molecule has 0 spiro atoms. The summed E-state index contributed by atoms with van der Waals surface area (Å²) in [6.07, 6.45) is 1.99. The summed E-state index contributed by atoms with van der Waals surface area (Å²) >= 11 is 1.69. The van der Waals surface area contributed by atoms with Gasteiger partial charge in [-0.15, -0.1) is 0 Å². The van der Waals surface area contributed by atoms with Crippen LogP contribution in [-0.4, -0.2) is 35.7 Å². The fourth-order valence-electron chi connectivity index (χ4n) is 1.55. The van der Waals surface area contributed by atoms with Gasteiger partial charge in [0.25, 0.3) is 0 Å². The summed E-state index contributed by atoms with van der Waals surface area (Å²) in [5.74, 6) is -0.959. The minimum absolute atomic E-state index is 0.211. The first-order valence-corrected chi connectivity index (χ1v) is 7.40. The highest BCUT2D eigenvalue weighted by molar-refractivity contribution is 7.98. The first kappa shape index (κ1) is 16.3. The summed E-state index contributed by atoms with van der Waals surface area (Å²) in [4.78, 5) is 22.2. The molecule has 3 N–H and O–H groups in total. The zero-order valence-electron chi connectivity index (χ0n) is 11.3.